The van der Waals surface area contributed by atoms with Gasteiger partial charge in [-0.05, 0) is 49.9 Å². The van der Waals surface area contributed by atoms with Crippen LogP contribution in [0.25, 0.3) is 0 Å². The first kappa shape index (κ1) is 16.3. The molecule has 0 heterocycles. The zero-order valence-corrected chi connectivity index (χ0v) is 11.9. The minimum Gasteiger partial charge on any atom is -0.393 e. The van der Waals surface area contributed by atoms with Gasteiger partial charge in [0.15, 0.2) is 0 Å². The number of sulfonamides is 1. The van der Waals surface area contributed by atoms with Crippen molar-refractivity contribution >= 4 is 10.0 Å². The van der Waals surface area contributed by atoms with Crippen LogP contribution in [-0.2, 0) is 16.2 Å². The lowest BCUT2D eigenvalue weighted by Crippen LogP contribution is -2.39. The van der Waals surface area contributed by atoms with Crippen molar-refractivity contribution in [1.29, 1.82) is 0 Å². The predicted octanol–water partition coefficient (Wildman–Crippen LogP) is 2.29. The molecule has 0 aromatic heterocycles. The SMILES string of the molecule is O=S(=O)(N[C@@H]1CCC[C@H](O)C1)c1ccc(C(F)(F)F)cc1. The number of rotatable bonds is 3. The largest absolute Gasteiger partial charge is 0.416 e. The summed E-state index contributed by atoms with van der Waals surface area (Å²) in [5.74, 6) is 0. The molecule has 0 saturated heterocycles. The van der Waals surface area contributed by atoms with Crippen molar-refractivity contribution in [2.75, 3.05) is 0 Å². The van der Waals surface area contributed by atoms with Crippen LogP contribution in [-0.4, -0.2) is 25.7 Å². The monoisotopic (exact) mass is 323 g/mol. The molecule has 8 heteroatoms. The number of hydrogen-bond acceptors (Lipinski definition) is 3. The van der Waals surface area contributed by atoms with Crippen molar-refractivity contribution in [2.45, 2.75) is 48.9 Å². The highest BCUT2D eigenvalue weighted by atomic mass is 32.2. The average Bonchev–Trinajstić information content (AvgIpc) is 2.37. The molecule has 0 radical (unpaired) electrons. The van der Waals surface area contributed by atoms with Gasteiger partial charge in [0.1, 0.15) is 0 Å². The van der Waals surface area contributed by atoms with Crippen LogP contribution in [0.15, 0.2) is 29.2 Å². The van der Waals surface area contributed by atoms with Crippen molar-refractivity contribution in [2.24, 2.45) is 0 Å². The van der Waals surface area contributed by atoms with Gasteiger partial charge in [-0.3, -0.25) is 0 Å². The van der Waals surface area contributed by atoms with E-state index in [1.807, 2.05) is 0 Å². The van der Waals surface area contributed by atoms with Gasteiger partial charge < -0.3 is 5.11 Å². The molecule has 1 aliphatic rings. The predicted molar refractivity (Wildman–Crippen MR) is 70.0 cm³/mol. The molecule has 1 saturated carbocycles. The summed E-state index contributed by atoms with van der Waals surface area (Å²) in [6.07, 6.45) is -2.76. The number of halogens is 3. The first-order valence-corrected chi connectivity index (χ1v) is 8.04. The van der Waals surface area contributed by atoms with Gasteiger partial charge in [0.2, 0.25) is 10.0 Å². The first-order valence-electron chi connectivity index (χ1n) is 6.56. The van der Waals surface area contributed by atoms with Crippen LogP contribution in [0.4, 0.5) is 13.2 Å². The van der Waals surface area contributed by atoms with Gasteiger partial charge in [-0.15, -0.1) is 0 Å². The third-order valence-electron chi connectivity index (χ3n) is 3.46. The summed E-state index contributed by atoms with van der Waals surface area (Å²) in [6, 6.07) is 2.96. The van der Waals surface area contributed by atoms with Gasteiger partial charge >= 0.3 is 6.18 Å². The molecule has 2 rings (SSSR count). The molecule has 4 nitrogen and oxygen atoms in total. The molecule has 0 bridgehead atoms. The van der Waals surface area contributed by atoms with Gasteiger partial charge in [0, 0.05) is 6.04 Å². The van der Waals surface area contributed by atoms with E-state index in [1.165, 1.54) is 0 Å². The maximum atomic E-state index is 12.4. The molecule has 2 N–H and O–H groups in total. The Morgan fingerprint density at radius 2 is 1.76 bits per heavy atom. The van der Waals surface area contributed by atoms with E-state index in [9.17, 15) is 26.7 Å². The van der Waals surface area contributed by atoms with Crippen molar-refractivity contribution < 1.29 is 26.7 Å². The summed E-state index contributed by atoms with van der Waals surface area (Å²) in [7, 11) is -3.87. The number of hydrogen-bond donors (Lipinski definition) is 2. The lowest BCUT2D eigenvalue weighted by molar-refractivity contribution is -0.137. The highest BCUT2D eigenvalue weighted by molar-refractivity contribution is 7.89. The molecule has 1 aromatic carbocycles. The van der Waals surface area contributed by atoms with Gasteiger partial charge in [-0.2, -0.15) is 13.2 Å². The van der Waals surface area contributed by atoms with E-state index in [1.54, 1.807) is 0 Å². The van der Waals surface area contributed by atoms with Crippen molar-refractivity contribution in [3.8, 4) is 0 Å². The zero-order valence-electron chi connectivity index (χ0n) is 11.1. The lowest BCUT2D eigenvalue weighted by atomic mass is 9.94. The Kier molecular flexibility index (Phi) is 4.60. The van der Waals surface area contributed by atoms with Crippen LogP contribution in [0.3, 0.4) is 0 Å². The second kappa shape index (κ2) is 5.94. The molecular formula is C13H16F3NO3S. The number of benzene rings is 1. The van der Waals surface area contributed by atoms with E-state index < -0.39 is 27.9 Å². The normalized spacial score (nSPS) is 24.0. The highest BCUT2D eigenvalue weighted by Crippen LogP contribution is 2.30. The molecule has 0 aliphatic heterocycles. The maximum Gasteiger partial charge on any atom is 0.416 e. The maximum absolute atomic E-state index is 12.4. The molecule has 0 amide bonds. The Morgan fingerprint density at radius 3 is 2.29 bits per heavy atom. The van der Waals surface area contributed by atoms with Gasteiger partial charge in [0.05, 0.1) is 16.6 Å². The molecule has 2 atom stereocenters. The van der Waals surface area contributed by atoms with E-state index in [0.29, 0.717) is 25.7 Å². The standard InChI is InChI=1S/C13H16F3NO3S/c14-13(15,16)9-4-6-12(7-5-9)21(19,20)17-10-2-1-3-11(18)8-10/h4-7,10-11,17-18H,1-3,8H2/t10-,11+/m1/s1. The average molecular weight is 323 g/mol. The van der Waals surface area contributed by atoms with E-state index in [0.717, 1.165) is 24.3 Å². The van der Waals surface area contributed by atoms with Crippen LogP contribution in [0.5, 0.6) is 0 Å². The highest BCUT2D eigenvalue weighted by Gasteiger charge is 2.31. The minimum atomic E-state index is -4.50. The quantitative estimate of drug-likeness (QED) is 0.897. The zero-order chi connectivity index (χ0) is 15.7. The smallest absolute Gasteiger partial charge is 0.393 e. The van der Waals surface area contributed by atoms with Gasteiger partial charge in [-0.25, -0.2) is 13.1 Å². The topological polar surface area (TPSA) is 66.4 Å². The first-order chi connectivity index (χ1) is 9.68. The number of aliphatic hydroxyl groups excluding tert-OH is 1. The Labute approximate surface area is 121 Å². The molecule has 0 spiro atoms. The number of alkyl halides is 3. The third kappa shape index (κ3) is 4.18. The Bertz CT molecular complexity index is 584. The van der Waals surface area contributed by atoms with Gasteiger partial charge in [0.25, 0.3) is 0 Å². The van der Waals surface area contributed by atoms with Crippen LogP contribution in [0.1, 0.15) is 31.2 Å². The van der Waals surface area contributed by atoms with Crippen LogP contribution < -0.4 is 4.72 Å². The van der Waals surface area contributed by atoms with Crippen molar-refractivity contribution in [1.82, 2.24) is 4.72 Å². The van der Waals surface area contributed by atoms with E-state index in [2.05, 4.69) is 4.72 Å². The summed E-state index contributed by atoms with van der Waals surface area (Å²) in [5, 5.41) is 9.51. The molecule has 21 heavy (non-hydrogen) atoms. The fourth-order valence-corrected chi connectivity index (χ4v) is 3.66. The van der Waals surface area contributed by atoms with Crippen molar-refractivity contribution in [3.63, 3.8) is 0 Å². The summed E-state index contributed by atoms with van der Waals surface area (Å²) >= 11 is 0. The second-order valence-corrected chi connectivity index (χ2v) is 6.87. The molecule has 1 aromatic rings. The molecular weight excluding hydrogens is 307 g/mol. The summed E-state index contributed by atoms with van der Waals surface area (Å²) in [4.78, 5) is -0.212. The van der Waals surface area contributed by atoms with E-state index in [4.69, 9.17) is 0 Å². The fourth-order valence-electron chi connectivity index (χ4n) is 2.38. The number of nitrogens with one attached hydrogen (secondary N) is 1. The molecule has 118 valence electrons. The van der Waals surface area contributed by atoms with Crippen LogP contribution >= 0.6 is 0 Å². The lowest BCUT2D eigenvalue weighted by Gasteiger charge is -2.26. The fraction of sp³-hybridized carbons (Fsp3) is 0.538. The molecule has 1 aliphatic carbocycles. The van der Waals surface area contributed by atoms with E-state index in [-0.39, 0.29) is 10.9 Å². The Morgan fingerprint density at radius 1 is 1.14 bits per heavy atom. The third-order valence-corrected chi connectivity index (χ3v) is 5.00. The summed E-state index contributed by atoms with van der Waals surface area (Å²) < 4.78 is 63.9. The Balaban J connectivity index is 2.12. The second-order valence-electron chi connectivity index (χ2n) is 5.16. The molecule has 1 fully saturated rings. The van der Waals surface area contributed by atoms with Crippen LogP contribution in [0, 0.1) is 0 Å². The van der Waals surface area contributed by atoms with Crippen LogP contribution in [0.2, 0.25) is 0 Å². The summed E-state index contributed by atoms with van der Waals surface area (Å²) in [6.45, 7) is 0. The van der Waals surface area contributed by atoms with Crippen molar-refractivity contribution in [3.05, 3.63) is 29.8 Å². The number of aliphatic hydroxyl groups is 1. The van der Waals surface area contributed by atoms with E-state index >= 15 is 0 Å². The minimum absolute atomic E-state index is 0.212. The summed E-state index contributed by atoms with van der Waals surface area (Å²) in [5.41, 5.74) is -0.894. The Hall–Kier alpha value is -1.12. The molecule has 0 unspecified atom stereocenters. The van der Waals surface area contributed by atoms with Gasteiger partial charge in [-0.1, -0.05) is 0 Å².